The van der Waals surface area contributed by atoms with Crippen LogP contribution in [-0.4, -0.2) is 41.0 Å². The Labute approximate surface area is 113 Å². The molecule has 1 saturated heterocycles. The first-order valence-corrected chi connectivity index (χ1v) is 6.68. The molecule has 0 saturated carbocycles. The fraction of sp³-hybridized carbons (Fsp3) is 0.333. The van der Waals surface area contributed by atoms with Crippen molar-refractivity contribution in [3.63, 3.8) is 0 Å². The molecule has 2 aromatic rings. The lowest BCUT2D eigenvalue weighted by molar-refractivity contribution is 0.250. The van der Waals surface area contributed by atoms with Gasteiger partial charge in [0.25, 0.3) is 0 Å². The lowest BCUT2D eigenvalue weighted by atomic mass is 10.2. The molecule has 4 nitrogen and oxygen atoms in total. The van der Waals surface area contributed by atoms with Crippen molar-refractivity contribution in [2.45, 2.75) is 6.54 Å². The minimum Gasteiger partial charge on any atom is -0.366 e. The maximum Gasteiger partial charge on any atom is 0.115 e. The lowest BCUT2D eigenvalue weighted by Gasteiger charge is -2.35. The highest BCUT2D eigenvalue weighted by Gasteiger charge is 2.17. The second-order valence-electron chi connectivity index (χ2n) is 4.85. The van der Waals surface area contributed by atoms with E-state index in [1.165, 1.54) is 5.56 Å². The second kappa shape index (κ2) is 5.80. The summed E-state index contributed by atoms with van der Waals surface area (Å²) in [7, 11) is 0. The van der Waals surface area contributed by atoms with E-state index in [0.29, 0.717) is 0 Å². The number of piperazine rings is 1. The fourth-order valence-corrected chi connectivity index (χ4v) is 2.46. The molecule has 0 spiro atoms. The molecule has 4 heteroatoms. The van der Waals surface area contributed by atoms with Gasteiger partial charge in [0.2, 0.25) is 0 Å². The van der Waals surface area contributed by atoms with Crippen molar-refractivity contribution in [2.24, 2.45) is 0 Å². The summed E-state index contributed by atoms with van der Waals surface area (Å²) < 4.78 is 0. The molecule has 1 aromatic carbocycles. The zero-order valence-electron chi connectivity index (χ0n) is 10.9. The van der Waals surface area contributed by atoms with Crippen LogP contribution in [-0.2, 0) is 6.54 Å². The van der Waals surface area contributed by atoms with Gasteiger partial charge in [-0.1, -0.05) is 30.3 Å². The maximum absolute atomic E-state index is 4.08. The van der Waals surface area contributed by atoms with Crippen molar-refractivity contribution < 1.29 is 0 Å². The summed E-state index contributed by atoms with van der Waals surface area (Å²) in [6, 6.07) is 10.7. The summed E-state index contributed by atoms with van der Waals surface area (Å²) in [6.45, 7) is 5.30. The predicted octanol–water partition coefficient (Wildman–Crippen LogP) is 1.80. The molecule has 0 aliphatic carbocycles. The molecule has 0 bridgehead atoms. The number of benzene rings is 1. The van der Waals surface area contributed by atoms with Crippen LogP contribution in [0.1, 0.15) is 5.56 Å². The lowest BCUT2D eigenvalue weighted by Crippen LogP contribution is -2.46. The molecule has 1 aliphatic heterocycles. The molecule has 3 rings (SSSR count). The molecular formula is C15H18N4. The monoisotopic (exact) mass is 254 g/mol. The van der Waals surface area contributed by atoms with Gasteiger partial charge in [0.15, 0.2) is 0 Å². The summed E-state index contributed by atoms with van der Waals surface area (Å²) in [5.41, 5.74) is 2.51. The van der Waals surface area contributed by atoms with E-state index in [2.05, 4.69) is 50.1 Å². The van der Waals surface area contributed by atoms with Crippen LogP contribution in [0.5, 0.6) is 0 Å². The second-order valence-corrected chi connectivity index (χ2v) is 4.85. The molecule has 1 aliphatic rings. The van der Waals surface area contributed by atoms with Gasteiger partial charge in [-0.15, -0.1) is 0 Å². The van der Waals surface area contributed by atoms with Crippen LogP contribution in [0.2, 0.25) is 0 Å². The van der Waals surface area contributed by atoms with Gasteiger partial charge < -0.3 is 4.90 Å². The largest absolute Gasteiger partial charge is 0.366 e. The Bertz CT molecular complexity index is 492. The van der Waals surface area contributed by atoms with Gasteiger partial charge in [-0.25, -0.2) is 9.97 Å². The first kappa shape index (κ1) is 12.1. The number of aromatic nitrogens is 2. The third-order valence-corrected chi connectivity index (χ3v) is 3.53. The van der Waals surface area contributed by atoms with Crippen LogP contribution in [0, 0.1) is 0 Å². The minimum atomic E-state index is 1.04. The van der Waals surface area contributed by atoms with Crippen molar-refractivity contribution >= 4 is 5.69 Å². The topological polar surface area (TPSA) is 32.3 Å². The highest BCUT2D eigenvalue weighted by Crippen LogP contribution is 2.14. The first-order valence-electron chi connectivity index (χ1n) is 6.68. The Hall–Kier alpha value is -1.94. The highest BCUT2D eigenvalue weighted by molar-refractivity contribution is 5.41. The van der Waals surface area contributed by atoms with Crippen molar-refractivity contribution in [1.29, 1.82) is 0 Å². The van der Waals surface area contributed by atoms with Crippen LogP contribution in [0.4, 0.5) is 5.69 Å². The highest BCUT2D eigenvalue weighted by atomic mass is 15.3. The Morgan fingerprint density at radius 3 is 2.26 bits per heavy atom. The van der Waals surface area contributed by atoms with Crippen LogP contribution < -0.4 is 4.90 Å². The zero-order chi connectivity index (χ0) is 12.9. The average molecular weight is 254 g/mol. The Balaban J connectivity index is 1.55. The van der Waals surface area contributed by atoms with Crippen LogP contribution >= 0.6 is 0 Å². The van der Waals surface area contributed by atoms with Gasteiger partial charge in [-0.3, -0.25) is 4.90 Å². The van der Waals surface area contributed by atoms with E-state index in [1.54, 1.807) is 6.33 Å². The van der Waals surface area contributed by atoms with Crippen LogP contribution in [0.25, 0.3) is 0 Å². The van der Waals surface area contributed by atoms with Crippen molar-refractivity contribution in [3.8, 4) is 0 Å². The molecule has 98 valence electrons. The third-order valence-electron chi connectivity index (χ3n) is 3.53. The van der Waals surface area contributed by atoms with E-state index in [-0.39, 0.29) is 0 Å². The van der Waals surface area contributed by atoms with Gasteiger partial charge in [0, 0.05) is 32.7 Å². The molecule has 1 fully saturated rings. The molecule has 1 aromatic heterocycles. The minimum absolute atomic E-state index is 1.04. The predicted molar refractivity (Wildman–Crippen MR) is 76.0 cm³/mol. The van der Waals surface area contributed by atoms with Crippen molar-refractivity contribution in [3.05, 3.63) is 54.6 Å². The van der Waals surface area contributed by atoms with Gasteiger partial charge >= 0.3 is 0 Å². The summed E-state index contributed by atoms with van der Waals surface area (Å²) >= 11 is 0. The van der Waals surface area contributed by atoms with E-state index < -0.39 is 0 Å². The van der Waals surface area contributed by atoms with E-state index in [0.717, 1.165) is 38.4 Å². The Morgan fingerprint density at radius 2 is 1.58 bits per heavy atom. The van der Waals surface area contributed by atoms with E-state index in [4.69, 9.17) is 0 Å². The summed E-state index contributed by atoms with van der Waals surface area (Å²) in [6.07, 6.45) is 5.36. The third kappa shape index (κ3) is 3.09. The average Bonchev–Trinajstić information content (AvgIpc) is 2.50. The standard InChI is InChI=1S/C15H18N4/c1-2-4-14(5-3-1)12-18-6-8-19(9-7-18)15-10-16-13-17-11-15/h1-5,10-11,13H,6-9,12H2. The van der Waals surface area contributed by atoms with Crippen LogP contribution in [0.3, 0.4) is 0 Å². The van der Waals surface area contributed by atoms with Crippen LogP contribution in [0.15, 0.2) is 49.1 Å². The molecule has 0 radical (unpaired) electrons. The smallest absolute Gasteiger partial charge is 0.115 e. The number of anilines is 1. The fourth-order valence-electron chi connectivity index (χ4n) is 2.46. The molecule has 0 N–H and O–H groups in total. The molecular weight excluding hydrogens is 236 g/mol. The van der Waals surface area contributed by atoms with E-state index in [9.17, 15) is 0 Å². The Kier molecular flexibility index (Phi) is 3.70. The van der Waals surface area contributed by atoms with Crippen molar-refractivity contribution in [2.75, 3.05) is 31.1 Å². The summed E-state index contributed by atoms with van der Waals surface area (Å²) in [4.78, 5) is 13.0. The van der Waals surface area contributed by atoms with Gasteiger partial charge in [-0.2, -0.15) is 0 Å². The van der Waals surface area contributed by atoms with E-state index >= 15 is 0 Å². The molecule has 0 amide bonds. The summed E-state index contributed by atoms with van der Waals surface area (Å²) in [5.74, 6) is 0. The number of hydrogen-bond donors (Lipinski definition) is 0. The maximum atomic E-state index is 4.08. The SMILES string of the molecule is c1ccc(CN2CCN(c3cncnc3)CC2)cc1. The normalized spacial score (nSPS) is 16.5. The molecule has 0 unspecified atom stereocenters. The number of nitrogens with zero attached hydrogens (tertiary/aromatic N) is 4. The van der Waals surface area contributed by atoms with Crippen molar-refractivity contribution in [1.82, 2.24) is 14.9 Å². The number of hydrogen-bond acceptors (Lipinski definition) is 4. The first-order chi connectivity index (χ1) is 9.42. The quantitative estimate of drug-likeness (QED) is 0.836. The van der Waals surface area contributed by atoms with Gasteiger partial charge in [0.1, 0.15) is 6.33 Å². The van der Waals surface area contributed by atoms with E-state index in [1.807, 2.05) is 12.4 Å². The van der Waals surface area contributed by atoms with Gasteiger partial charge in [-0.05, 0) is 5.56 Å². The summed E-state index contributed by atoms with van der Waals surface area (Å²) in [5, 5.41) is 0. The molecule has 0 atom stereocenters. The zero-order valence-corrected chi connectivity index (χ0v) is 10.9. The Morgan fingerprint density at radius 1 is 0.895 bits per heavy atom. The molecule has 2 heterocycles. The number of rotatable bonds is 3. The molecule has 19 heavy (non-hydrogen) atoms. The van der Waals surface area contributed by atoms with Gasteiger partial charge in [0.05, 0.1) is 18.1 Å².